The summed E-state index contributed by atoms with van der Waals surface area (Å²) >= 11 is 0. The van der Waals surface area contributed by atoms with Crippen molar-refractivity contribution in [3.8, 4) is 11.1 Å². The highest BCUT2D eigenvalue weighted by atomic mass is 32.2. The summed E-state index contributed by atoms with van der Waals surface area (Å²) < 4.78 is 27.5. The molecule has 5 nitrogen and oxygen atoms in total. The third-order valence-corrected chi connectivity index (χ3v) is 6.89. The summed E-state index contributed by atoms with van der Waals surface area (Å²) in [6.07, 6.45) is 1.55. The Morgan fingerprint density at radius 3 is 2.40 bits per heavy atom. The van der Waals surface area contributed by atoms with Crippen LogP contribution in [0.5, 0.6) is 0 Å². The van der Waals surface area contributed by atoms with Crippen LogP contribution in [0.15, 0.2) is 78.2 Å². The molecule has 4 rings (SSSR count). The van der Waals surface area contributed by atoms with E-state index in [4.69, 9.17) is 0 Å². The number of nitrogens with one attached hydrogen (secondary N) is 1. The molecule has 1 amide bonds. The standard InChI is InChI=1S/C24H22N2O3S/c1-4-11-26-22-10-9-18(24(27)25-19-13-16(2)12-17(3)14-19)15-21(22)20-7-5-6-8-23(20)30(26,28)29/h4-10,12-15H,1,11H2,2-3H3,(H,25,27). The molecule has 0 saturated heterocycles. The van der Waals surface area contributed by atoms with E-state index in [9.17, 15) is 13.2 Å². The second-order valence-electron chi connectivity index (χ2n) is 7.38. The van der Waals surface area contributed by atoms with E-state index in [1.807, 2.05) is 32.0 Å². The number of aryl methyl sites for hydroxylation is 2. The van der Waals surface area contributed by atoms with Crippen molar-refractivity contribution in [2.45, 2.75) is 18.7 Å². The molecule has 0 radical (unpaired) electrons. The maximum atomic E-state index is 13.1. The minimum absolute atomic E-state index is 0.151. The van der Waals surface area contributed by atoms with Gasteiger partial charge in [-0.15, -0.1) is 6.58 Å². The minimum Gasteiger partial charge on any atom is -0.322 e. The smallest absolute Gasteiger partial charge is 0.265 e. The van der Waals surface area contributed by atoms with E-state index in [2.05, 4.69) is 11.9 Å². The molecule has 0 fully saturated rings. The summed E-state index contributed by atoms with van der Waals surface area (Å²) in [5.41, 5.74) is 5.15. The number of amides is 1. The molecular formula is C24H22N2O3S. The van der Waals surface area contributed by atoms with Crippen LogP contribution in [-0.4, -0.2) is 20.9 Å². The highest BCUT2D eigenvalue weighted by Gasteiger charge is 2.34. The summed E-state index contributed by atoms with van der Waals surface area (Å²) in [4.78, 5) is 13.1. The first-order chi connectivity index (χ1) is 14.3. The molecule has 0 aliphatic carbocycles. The molecule has 0 atom stereocenters. The Hall–Kier alpha value is -3.38. The van der Waals surface area contributed by atoms with Gasteiger partial charge in [0.2, 0.25) is 0 Å². The lowest BCUT2D eigenvalue weighted by Crippen LogP contribution is -2.34. The third-order valence-electron chi connectivity index (χ3n) is 5.05. The minimum atomic E-state index is -3.69. The van der Waals surface area contributed by atoms with Crippen LogP contribution in [0.25, 0.3) is 11.1 Å². The van der Waals surface area contributed by atoms with Crippen molar-refractivity contribution in [3.05, 3.63) is 90.0 Å². The van der Waals surface area contributed by atoms with Gasteiger partial charge < -0.3 is 5.32 Å². The van der Waals surface area contributed by atoms with E-state index in [0.29, 0.717) is 22.4 Å². The summed E-state index contributed by atoms with van der Waals surface area (Å²) in [5, 5.41) is 2.94. The first-order valence-electron chi connectivity index (χ1n) is 9.58. The zero-order chi connectivity index (χ0) is 21.5. The normalized spacial score (nSPS) is 13.9. The van der Waals surface area contributed by atoms with E-state index in [1.54, 1.807) is 48.5 Å². The van der Waals surface area contributed by atoms with Crippen molar-refractivity contribution in [2.75, 3.05) is 16.2 Å². The number of sulfonamides is 1. The molecule has 1 N–H and O–H groups in total. The predicted molar refractivity (Wildman–Crippen MR) is 120 cm³/mol. The summed E-state index contributed by atoms with van der Waals surface area (Å²) in [7, 11) is -3.69. The van der Waals surface area contributed by atoms with Crippen LogP contribution in [0.1, 0.15) is 21.5 Å². The highest BCUT2D eigenvalue weighted by molar-refractivity contribution is 7.93. The molecule has 30 heavy (non-hydrogen) atoms. The molecule has 0 saturated carbocycles. The maximum absolute atomic E-state index is 13.1. The topological polar surface area (TPSA) is 66.5 Å². The van der Waals surface area contributed by atoms with Crippen molar-refractivity contribution >= 4 is 27.3 Å². The highest BCUT2D eigenvalue weighted by Crippen LogP contribution is 2.43. The monoisotopic (exact) mass is 418 g/mol. The van der Waals surface area contributed by atoms with Crippen molar-refractivity contribution in [1.82, 2.24) is 0 Å². The van der Waals surface area contributed by atoms with E-state index in [-0.39, 0.29) is 17.3 Å². The lowest BCUT2D eigenvalue weighted by Gasteiger charge is -2.31. The molecule has 152 valence electrons. The lowest BCUT2D eigenvalue weighted by atomic mass is 10.00. The van der Waals surface area contributed by atoms with Gasteiger partial charge in [-0.3, -0.25) is 9.10 Å². The van der Waals surface area contributed by atoms with E-state index in [1.165, 1.54) is 4.31 Å². The quantitative estimate of drug-likeness (QED) is 0.612. The molecule has 6 heteroatoms. The average molecular weight is 419 g/mol. The number of rotatable bonds is 4. The zero-order valence-electron chi connectivity index (χ0n) is 16.8. The number of hydrogen-bond donors (Lipinski definition) is 1. The average Bonchev–Trinajstić information content (AvgIpc) is 2.70. The molecule has 1 heterocycles. The molecule has 3 aromatic rings. The van der Waals surface area contributed by atoms with Gasteiger partial charge in [0.1, 0.15) is 0 Å². The molecule has 3 aromatic carbocycles. The Bertz CT molecular complexity index is 1260. The number of hydrogen-bond acceptors (Lipinski definition) is 3. The number of carbonyl (C=O) groups excluding carboxylic acids is 1. The van der Waals surface area contributed by atoms with Crippen molar-refractivity contribution < 1.29 is 13.2 Å². The number of nitrogens with zero attached hydrogens (tertiary/aromatic N) is 1. The van der Waals surface area contributed by atoms with Gasteiger partial charge in [-0.25, -0.2) is 8.42 Å². The summed E-state index contributed by atoms with van der Waals surface area (Å²) in [6, 6.07) is 17.8. The van der Waals surface area contributed by atoms with Crippen LogP contribution in [0.4, 0.5) is 11.4 Å². The number of carbonyl (C=O) groups is 1. The van der Waals surface area contributed by atoms with Gasteiger partial charge in [0.25, 0.3) is 15.9 Å². The molecule has 1 aliphatic heterocycles. The number of anilines is 2. The molecular weight excluding hydrogens is 396 g/mol. The van der Waals surface area contributed by atoms with Gasteiger partial charge in [0, 0.05) is 22.4 Å². The predicted octanol–water partition coefficient (Wildman–Crippen LogP) is 4.92. The first-order valence-corrected chi connectivity index (χ1v) is 11.0. The van der Waals surface area contributed by atoms with Crippen LogP contribution >= 0.6 is 0 Å². The fourth-order valence-electron chi connectivity index (χ4n) is 3.84. The lowest BCUT2D eigenvalue weighted by molar-refractivity contribution is 0.102. The molecule has 1 aliphatic rings. The largest absolute Gasteiger partial charge is 0.322 e. The van der Waals surface area contributed by atoms with Crippen LogP contribution in [0.2, 0.25) is 0 Å². The Labute approximate surface area is 176 Å². The third kappa shape index (κ3) is 3.39. The van der Waals surface area contributed by atoms with Crippen molar-refractivity contribution in [1.29, 1.82) is 0 Å². The Morgan fingerprint density at radius 2 is 1.70 bits per heavy atom. The SMILES string of the molecule is C=CCN1c2ccc(C(=O)Nc3cc(C)cc(C)c3)cc2-c2ccccc2S1(=O)=O. The first kappa shape index (κ1) is 19.9. The molecule has 0 spiro atoms. The van der Waals surface area contributed by atoms with Crippen molar-refractivity contribution in [2.24, 2.45) is 0 Å². The Balaban J connectivity index is 1.79. The Morgan fingerprint density at radius 1 is 1.00 bits per heavy atom. The second-order valence-corrected chi connectivity index (χ2v) is 9.21. The summed E-state index contributed by atoms with van der Waals surface area (Å²) in [6.45, 7) is 7.79. The van der Waals surface area contributed by atoms with Gasteiger partial charge in [0.05, 0.1) is 17.1 Å². The van der Waals surface area contributed by atoms with Crippen molar-refractivity contribution in [3.63, 3.8) is 0 Å². The van der Waals surface area contributed by atoms with Gasteiger partial charge >= 0.3 is 0 Å². The number of benzene rings is 3. The van der Waals surface area contributed by atoms with Gasteiger partial charge in [-0.05, 0) is 61.4 Å². The zero-order valence-corrected chi connectivity index (χ0v) is 17.7. The second kappa shape index (κ2) is 7.46. The van der Waals surface area contributed by atoms with Crippen LogP contribution in [0.3, 0.4) is 0 Å². The van der Waals surface area contributed by atoms with E-state index >= 15 is 0 Å². The summed E-state index contributed by atoms with van der Waals surface area (Å²) in [5.74, 6) is -0.246. The van der Waals surface area contributed by atoms with Crippen LogP contribution in [-0.2, 0) is 10.0 Å². The fourth-order valence-corrected chi connectivity index (χ4v) is 5.50. The Kier molecular flexibility index (Phi) is 4.95. The fraction of sp³-hybridized carbons (Fsp3) is 0.125. The van der Waals surface area contributed by atoms with Gasteiger partial charge in [-0.1, -0.05) is 30.3 Å². The van der Waals surface area contributed by atoms with Gasteiger partial charge in [0.15, 0.2) is 0 Å². The molecule has 0 unspecified atom stereocenters. The van der Waals surface area contributed by atoms with Crippen LogP contribution < -0.4 is 9.62 Å². The molecule has 0 bridgehead atoms. The molecule has 0 aromatic heterocycles. The number of fused-ring (bicyclic) bond motifs is 3. The maximum Gasteiger partial charge on any atom is 0.265 e. The van der Waals surface area contributed by atoms with E-state index < -0.39 is 10.0 Å². The van der Waals surface area contributed by atoms with Crippen LogP contribution in [0, 0.1) is 13.8 Å². The van der Waals surface area contributed by atoms with Gasteiger partial charge in [-0.2, -0.15) is 0 Å². The van der Waals surface area contributed by atoms with E-state index in [0.717, 1.165) is 16.8 Å².